The third-order valence-corrected chi connectivity index (χ3v) is 4.74. The maximum absolute atomic E-state index is 14.0. The number of aliphatic hydroxyl groups excluding tert-OH is 1. The lowest BCUT2D eigenvalue weighted by atomic mass is 9.72. The van der Waals surface area contributed by atoms with Gasteiger partial charge in [0.15, 0.2) is 0 Å². The van der Waals surface area contributed by atoms with Gasteiger partial charge in [-0.2, -0.15) is 0 Å². The minimum Gasteiger partial charge on any atom is -0.496 e. The van der Waals surface area contributed by atoms with E-state index >= 15 is 0 Å². The van der Waals surface area contributed by atoms with Crippen molar-refractivity contribution in [3.05, 3.63) is 29.6 Å². The predicted molar refractivity (Wildman–Crippen MR) is 83.8 cm³/mol. The molecule has 1 heterocycles. The summed E-state index contributed by atoms with van der Waals surface area (Å²) in [4.78, 5) is 13.5. The second-order valence-electron chi connectivity index (χ2n) is 6.13. The molecular weight excluding hydrogens is 301 g/mol. The van der Waals surface area contributed by atoms with E-state index in [9.17, 15) is 19.4 Å². The molecule has 2 N–H and O–H groups in total. The van der Waals surface area contributed by atoms with Crippen molar-refractivity contribution in [3.8, 4) is 5.75 Å². The lowest BCUT2D eigenvalue weighted by molar-refractivity contribution is -0.164. The zero-order valence-corrected chi connectivity index (χ0v) is 13.6. The highest BCUT2D eigenvalue weighted by Gasteiger charge is 2.47. The number of carboxylic acid groups (broad SMARTS) is 1. The van der Waals surface area contributed by atoms with Gasteiger partial charge in [-0.05, 0) is 31.5 Å². The molecule has 128 valence electrons. The highest BCUT2D eigenvalue weighted by molar-refractivity contribution is 5.75. The van der Waals surface area contributed by atoms with Gasteiger partial charge in [0, 0.05) is 18.7 Å². The second kappa shape index (κ2) is 7.27. The summed E-state index contributed by atoms with van der Waals surface area (Å²) in [6.07, 6.45) is 0.533. The van der Waals surface area contributed by atoms with Crippen molar-refractivity contribution in [2.24, 2.45) is 5.41 Å². The van der Waals surface area contributed by atoms with Crippen molar-refractivity contribution >= 4 is 5.97 Å². The quantitative estimate of drug-likeness (QED) is 0.840. The molecule has 2 atom stereocenters. The van der Waals surface area contributed by atoms with Gasteiger partial charge in [-0.1, -0.05) is 19.4 Å². The largest absolute Gasteiger partial charge is 0.496 e. The number of rotatable bonds is 6. The molecule has 0 spiro atoms. The first-order valence-electron chi connectivity index (χ1n) is 7.89. The minimum absolute atomic E-state index is 0.212. The van der Waals surface area contributed by atoms with Crippen LogP contribution in [0.3, 0.4) is 0 Å². The average molecular weight is 325 g/mol. The standard InChI is InChI=1S/C17H24FNO4/c1-3-7-17(16(21)22)8-9-19(11-15(17)20)10-12-13(18)5-4-6-14(12)23-2/h4-6,15,20H,3,7-11H2,1-2H3,(H,21,22)/t15?,17-/m0/s1. The van der Waals surface area contributed by atoms with Gasteiger partial charge >= 0.3 is 5.97 Å². The molecule has 1 fully saturated rings. The molecule has 1 aromatic rings. The van der Waals surface area contributed by atoms with Gasteiger partial charge < -0.3 is 14.9 Å². The van der Waals surface area contributed by atoms with E-state index in [2.05, 4.69) is 0 Å². The fourth-order valence-electron chi connectivity index (χ4n) is 3.38. The molecule has 23 heavy (non-hydrogen) atoms. The number of aliphatic hydroxyl groups is 1. The van der Waals surface area contributed by atoms with Crippen molar-refractivity contribution in [2.45, 2.75) is 38.8 Å². The van der Waals surface area contributed by atoms with Gasteiger partial charge in [0.1, 0.15) is 11.6 Å². The molecule has 0 saturated carbocycles. The molecule has 6 heteroatoms. The summed E-state index contributed by atoms with van der Waals surface area (Å²) < 4.78 is 19.2. The normalized spacial score (nSPS) is 25.3. The number of piperidine rings is 1. The average Bonchev–Trinajstić information content (AvgIpc) is 2.52. The number of likely N-dealkylation sites (tertiary alicyclic amines) is 1. The lowest BCUT2D eigenvalue weighted by Gasteiger charge is -2.42. The van der Waals surface area contributed by atoms with E-state index in [1.807, 2.05) is 11.8 Å². The summed E-state index contributed by atoms with van der Waals surface area (Å²) in [6, 6.07) is 4.65. The smallest absolute Gasteiger partial charge is 0.312 e. The van der Waals surface area contributed by atoms with Crippen LogP contribution in [0.25, 0.3) is 0 Å². The third kappa shape index (κ3) is 3.48. The fraction of sp³-hybridized carbons (Fsp3) is 0.588. The Balaban J connectivity index is 2.14. The summed E-state index contributed by atoms with van der Waals surface area (Å²) in [5.41, 5.74) is -0.662. The number of benzene rings is 1. The number of aliphatic carboxylic acids is 1. The molecule has 1 aromatic carbocycles. The highest BCUT2D eigenvalue weighted by Crippen LogP contribution is 2.37. The Hall–Kier alpha value is -1.66. The van der Waals surface area contributed by atoms with Crippen LogP contribution < -0.4 is 4.74 Å². The number of nitrogens with zero attached hydrogens (tertiary/aromatic N) is 1. The molecule has 1 saturated heterocycles. The molecule has 0 bridgehead atoms. The molecule has 0 radical (unpaired) electrons. The number of methoxy groups -OCH3 is 1. The Morgan fingerprint density at radius 3 is 2.83 bits per heavy atom. The zero-order chi connectivity index (χ0) is 17.0. The number of ether oxygens (including phenoxy) is 1. The molecule has 0 aliphatic carbocycles. The number of hydrogen-bond acceptors (Lipinski definition) is 4. The first-order chi connectivity index (χ1) is 10.9. The van der Waals surface area contributed by atoms with E-state index in [0.29, 0.717) is 37.1 Å². The monoisotopic (exact) mass is 325 g/mol. The van der Waals surface area contributed by atoms with Crippen LogP contribution in [0.2, 0.25) is 0 Å². The summed E-state index contributed by atoms with van der Waals surface area (Å²) in [5.74, 6) is -0.847. The minimum atomic E-state index is -1.09. The molecule has 1 aliphatic heterocycles. The molecule has 5 nitrogen and oxygen atoms in total. The van der Waals surface area contributed by atoms with E-state index in [1.165, 1.54) is 13.2 Å². The number of carboxylic acids is 1. The molecule has 1 aliphatic rings. The van der Waals surface area contributed by atoms with E-state index in [1.54, 1.807) is 12.1 Å². The maximum atomic E-state index is 14.0. The van der Waals surface area contributed by atoms with Crippen LogP contribution in [0.5, 0.6) is 5.75 Å². The Labute approximate surface area is 135 Å². The van der Waals surface area contributed by atoms with Crippen LogP contribution in [0.1, 0.15) is 31.7 Å². The predicted octanol–water partition coefficient (Wildman–Crippen LogP) is 2.27. The van der Waals surface area contributed by atoms with Gasteiger partial charge in [0.2, 0.25) is 0 Å². The van der Waals surface area contributed by atoms with Crippen molar-refractivity contribution in [3.63, 3.8) is 0 Å². The fourth-order valence-corrected chi connectivity index (χ4v) is 3.38. The third-order valence-electron chi connectivity index (χ3n) is 4.74. The van der Waals surface area contributed by atoms with Gasteiger partial charge in [-0.15, -0.1) is 0 Å². The maximum Gasteiger partial charge on any atom is 0.312 e. The van der Waals surface area contributed by atoms with Crippen LogP contribution in [0.4, 0.5) is 4.39 Å². The first-order valence-corrected chi connectivity index (χ1v) is 7.89. The SMILES string of the molecule is CCC[C@]1(C(=O)O)CCN(Cc2c(F)cccc2OC)CC1O. The van der Waals surface area contributed by atoms with Gasteiger partial charge in [-0.3, -0.25) is 9.69 Å². The van der Waals surface area contributed by atoms with Crippen LogP contribution in [-0.4, -0.2) is 47.4 Å². The molecule has 1 unspecified atom stereocenters. The molecule has 0 aromatic heterocycles. The van der Waals surface area contributed by atoms with Gasteiger partial charge in [-0.25, -0.2) is 4.39 Å². The van der Waals surface area contributed by atoms with E-state index in [0.717, 1.165) is 0 Å². The zero-order valence-electron chi connectivity index (χ0n) is 13.6. The first kappa shape index (κ1) is 17.7. The van der Waals surface area contributed by atoms with Crippen molar-refractivity contribution in [1.82, 2.24) is 4.90 Å². The Morgan fingerprint density at radius 1 is 1.52 bits per heavy atom. The van der Waals surface area contributed by atoms with E-state index < -0.39 is 17.5 Å². The Morgan fingerprint density at radius 2 is 2.26 bits per heavy atom. The number of carbonyl (C=O) groups is 1. The summed E-state index contributed by atoms with van der Waals surface area (Å²) in [6.45, 7) is 2.91. The van der Waals surface area contributed by atoms with Crippen molar-refractivity contribution in [2.75, 3.05) is 20.2 Å². The lowest BCUT2D eigenvalue weighted by Crippen LogP contribution is -2.54. The molecular formula is C17H24FNO4. The van der Waals surface area contributed by atoms with Crippen LogP contribution in [-0.2, 0) is 11.3 Å². The summed E-state index contributed by atoms with van der Waals surface area (Å²) >= 11 is 0. The van der Waals surface area contributed by atoms with E-state index in [4.69, 9.17) is 4.74 Å². The van der Waals surface area contributed by atoms with Crippen LogP contribution in [0, 0.1) is 11.2 Å². The topological polar surface area (TPSA) is 70.0 Å². The van der Waals surface area contributed by atoms with Gasteiger partial charge in [0.25, 0.3) is 0 Å². The van der Waals surface area contributed by atoms with Gasteiger partial charge in [0.05, 0.1) is 18.6 Å². The van der Waals surface area contributed by atoms with Crippen LogP contribution >= 0.6 is 0 Å². The summed E-state index contributed by atoms with van der Waals surface area (Å²) in [7, 11) is 1.49. The highest BCUT2D eigenvalue weighted by atomic mass is 19.1. The number of hydrogen-bond donors (Lipinski definition) is 2. The van der Waals surface area contributed by atoms with Crippen molar-refractivity contribution in [1.29, 1.82) is 0 Å². The Kier molecular flexibility index (Phi) is 5.59. The second-order valence-corrected chi connectivity index (χ2v) is 6.13. The number of halogens is 1. The molecule has 2 rings (SSSR count). The van der Waals surface area contributed by atoms with Crippen molar-refractivity contribution < 1.29 is 24.1 Å². The van der Waals surface area contributed by atoms with E-state index in [-0.39, 0.29) is 18.9 Å². The van der Waals surface area contributed by atoms with Crippen LogP contribution in [0.15, 0.2) is 18.2 Å². The summed E-state index contributed by atoms with van der Waals surface area (Å²) in [5, 5.41) is 20.0. The number of β-amino-alcohol motifs (C(OH)–C–C–N with tert-alkyl or cyclic N) is 1. The Bertz CT molecular complexity index is 566. The molecule has 0 amide bonds.